The molecule has 1 aromatic carbocycles. The Morgan fingerprint density at radius 3 is 2.50 bits per heavy atom. The largest absolute Gasteiger partial charge is 0.395 e. The fourth-order valence-corrected chi connectivity index (χ4v) is 2.05. The molecule has 20 heavy (non-hydrogen) atoms. The molecule has 0 aliphatic rings. The molecule has 0 radical (unpaired) electrons. The van der Waals surface area contributed by atoms with Gasteiger partial charge in [-0.2, -0.15) is 5.10 Å². The van der Waals surface area contributed by atoms with Crippen molar-refractivity contribution in [1.82, 2.24) is 9.78 Å². The number of nitrogens with zero attached hydrogens (tertiary/aromatic N) is 2. The molecule has 2 rings (SSSR count). The van der Waals surface area contributed by atoms with Crippen LogP contribution in [0.4, 0.5) is 0 Å². The number of hydrogen-bond donors (Lipinski definition) is 1. The van der Waals surface area contributed by atoms with Crippen LogP contribution in [0.15, 0.2) is 24.3 Å². The van der Waals surface area contributed by atoms with Crippen molar-refractivity contribution in [2.24, 2.45) is 0 Å². The fraction of sp³-hybridized carbons (Fsp3) is 0.312. The third kappa shape index (κ3) is 3.41. The number of halogens is 1. The average Bonchev–Trinajstić information content (AvgIpc) is 2.69. The fourth-order valence-electron chi connectivity index (χ4n) is 1.92. The SMILES string of the molecule is Cc1nn(Cc2ccc(C#CCCO)cc2)c(C)c1Cl. The van der Waals surface area contributed by atoms with Crippen molar-refractivity contribution in [2.45, 2.75) is 26.8 Å². The van der Waals surface area contributed by atoms with Gasteiger partial charge in [0.1, 0.15) is 0 Å². The van der Waals surface area contributed by atoms with Crippen LogP contribution in [0.5, 0.6) is 0 Å². The Hall–Kier alpha value is -1.76. The topological polar surface area (TPSA) is 38.0 Å². The highest BCUT2D eigenvalue weighted by molar-refractivity contribution is 6.31. The van der Waals surface area contributed by atoms with E-state index in [0.717, 1.165) is 27.5 Å². The highest BCUT2D eigenvalue weighted by Gasteiger charge is 2.08. The maximum absolute atomic E-state index is 8.68. The van der Waals surface area contributed by atoms with E-state index < -0.39 is 0 Å². The zero-order valence-electron chi connectivity index (χ0n) is 11.7. The van der Waals surface area contributed by atoms with E-state index in [1.54, 1.807) is 0 Å². The van der Waals surface area contributed by atoms with E-state index >= 15 is 0 Å². The normalized spacial score (nSPS) is 10.2. The molecule has 4 heteroatoms. The Balaban J connectivity index is 2.11. The van der Waals surface area contributed by atoms with E-state index in [0.29, 0.717) is 13.0 Å². The van der Waals surface area contributed by atoms with Crippen LogP contribution in [0.2, 0.25) is 5.02 Å². The molecule has 0 fully saturated rings. The molecule has 0 unspecified atom stereocenters. The lowest BCUT2D eigenvalue weighted by atomic mass is 10.1. The van der Waals surface area contributed by atoms with Crippen molar-refractivity contribution in [2.75, 3.05) is 6.61 Å². The standard InChI is InChI=1S/C16H17ClN2O/c1-12-16(17)13(2)19(18-12)11-15-8-6-14(7-9-15)5-3-4-10-20/h6-9,20H,4,10-11H2,1-2H3. The number of aliphatic hydroxyl groups excluding tert-OH is 1. The minimum atomic E-state index is 0.101. The van der Waals surface area contributed by atoms with Crippen LogP contribution >= 0.6 is 11.6 Å². The van der Waals surface area contributed by atoms with Gasteiger partial charge in [-0.3, -0.25) is 4.68 Å². The van der Waals surface area contributed by atoms with Crippen LogP contribution in [0.3, 0.4) is 0 Å². The average molecular weight is 289 g/mol. The van der Waals surface area contributed by atoms with Gasteiger partial charge in [-0.1, -0.05) is 35.6 Å². The van der Waals surface area contributed by atoms with Crippen LogP contribution in [-0.4, -0.2) is 21.5 Å². The lowest BCUT2D eigenvalue weighted by molar-refractivity contribution is 0.305. The van der Waals surface area contributed by atoms with Crippen LogP contribution in [0, 0.1) is 25.7 Å². The number of hydrogen-bond acceptors (Lipinski definition) is 2. The third-order valence-corrected chi connectivity index (χ3v) is 3.60. The second-order valence-corrected chi connectivity index (χ2v) is 4.99. The molecule has 1 aromatic heterocycles. The van der Waals surface area contributed by atoms with E-state index in [2.05, 4.69) is 16.9 Å². The van der Waals surface area contributed by atoms with Crippen LogP contribution in [0.25, 0.3) is 0 Å². The smallest absolute Gasteiger partial charge is 0.0844 e. The van der Waals surface area contributed by atoms with Gasteiger partial charge in [0.05, 0.1) is 29.6 Å². The molecule has 0 bridgehead atoms. The summed E-state index contributed by atoms with van der Waals surface area (Å²) in [5, 5.41) is 13.8. The zero-order valence-corrected chi connectivity index (χ0v) is 12.4. The van der Waals surface area contributed by atoms with Gasteiger partial charge in [0.15, 0.2) is 0 Å². The van der Waals surface area contributed by atoms with Crippen molar-refractivity contribution in [3.8, 4) is 11.8 Å². The van der Waals surface area contributed by atoms with Gasteiger partial charge in [0, 0.05) is 12.0 Å². The lowest BCUT2D eigenvalue weighted by Gasteiger charge is -2.04. The van der Waals surface area contributed by atoms with Gasteiger partial charge in [0.25, 0.3) is 0 Å². The summed E-state index contributed by atoms with van der Waals surface area (Å²) in [6.07, 6.45) is 0.506. The molecule has 2 aromatic rings. The van der Waals surface area contributed by atoms with Crippen molar-refractivity contribution in [3.05, 3.63) is 51.8 Å². The van der Waals surface area contributed by atoms with Crippen molar-refractivity contribution < 1.29 is 5.11 Å². The Morgan fingerprint density at radius 2 is 1.95 bits per heavy atom. The lowest BCUT2D eigenvalue weighted by Crippen LogP contribution is -2.03. The number of aliphatic hydroxyl groups is 1. The maximum atomic E-state index is 8.68. The first kappa shape index (κ1) is 14.6. The molecule has 0 spiro atoms. The minimum Gasteiger partial charge on any atom is -0.395 e. The first-order chi connectivity index (χ1) is 9.61. The quantitative estimate of drug-likeness (QED) is 0.882. The summed E-state index contributed by atoms with van der Waals surface area (Å²) >= 11 is 6.14. The third-order valence-electron chi connectivity index (χ3n) is 3.05. The van der Waals surface area contributed by atoms with Gasteiger partial charge >= 0.3 is 0 Å². The van der Waals surface area contributed by atoms with Crippen molar-refractivity contribution in [1.29, 1.82) is 0 Å². The molecule has 0 aliphatic carbocycles. The summed E-state index contributed by atoms with van der Waals surface area (Å²) in [6, 6.07) is 8.03. The Kier molecular flexibility index (Phi) is 4.84. The molecule has 1 N–H and O–H groups in total. The predicted molar refractivity (Wildman–Crippen MR) is 80.8 cm³/mol. The monoisotopic (exact) mass is 288 g/mol. The van der Waals surface area contributed by atoms with E-state index in [1.165, 1.54) is 0 Å². The summed E-state index contributed by atoms with van der Waals surface area (Å²) in [5.41, 5.74) is 3.94. The number of benzene rings is 1. The summed E-state index contributed by atoms with van der Waals surface area (Å²) < 4.78 is 1.91. The predicted octanol–water partition coefficient (Wildman–Crippen LogP) is 2.94. The molecule has 104 valence electrons. The number of aromatic nitrogens is 2. The van der Waals surface area contributed by atoms with Gasteiger partial charge in [-0.05, 0) is 31.5 Å². The Labute approximate surface area is 124 Å². The number of rotatable bonds is 3. The first-order valence-corrected chi connectivity index (χ1v) is 6.88. The van der Waals surface area contributed by atoms with E-state index in [4.69, 9.17) is 16.7 Å². The van der Waals surface area contributed by atoms with Gasteiger partial charge < -0.3 is 5.11 Å². The highest BCUT2D eigenvalue weighted by atomic mass is 35.5. The summed E-state index contributed by atoms with van der Waals surface area (Å²) in [4.78, 5) is 0. The van der Waals surface area contributed by atoms with Gasteiger partial charge in [-0.15, -0.1) is 0 Å². The number of aryl methyl sites for hydroxylation is 1. The van der Waals surface area contributed by atoms with Crippen LogP contribution in [0.1, 0.15) is 28.9 Å². The molecule has 0 aliphatic heterocycles. The first-order valence-electron chi connectivity index (χ1n) is 6.50. The van der Waals surface area contributed by atoms with Gasteiger partial charge in [0.2, 0.25) is 0 Å². The van der Waals surface area contributed by atoms with Crippen LogP contribution < -0.4 is 0 Å². The van der Waals surface area contributed by atoms with Crippen molar-refractivity contribution >= 4 is 11.6 Å². The summed E-state index contributed by atoms with van der Waals surface area (Å²) in [5.74, 6) is 5.91. The summed E-state index contributed by atoms with van der Waals surface area (Å²) in [7, 11) is 0. The summed E-state index contributed by atoms with van der Waals surface area (Å²) in [6.45, 7) is 4.68. The van der Waals surface area contributed by atoms with E-state index in [-0.39, 0.29) is 6.61 Å². The van der Waals surface area contributed by atoms with E-state index in [9.17, 15) is 0 Å². The Morgan fingerprint density at radius 1 is 1.25 bits per heavy atom. The second-order valence-electron chi connectivity index (χ2n) is 4.61. The molecular weight excluding hydrogens is 272 g/mol. The minimum absolute atomic E-state index is 0.101. The Bertz CT molecular complexity index is 648. The van der Waals surface area contributed by atoms with Crippen molar-refractivity contribution in [3.63, 3.8) is 0 Å². The molecule has 1 heterocycles. The zero-order chi connectivity index (χ0) is 14.5. The van der Waals surface area contributed by atoms with Gasteiger partial charge in [-0.25, -0.2) is 0 Å². The molecular formula is C16H17ClN2O. The molecule has 0 amide bonds. The molecule has 0 saturated heterocycles. The second kappa shape index (κ2) is 6.60. The highest BCUT2D eigenvalue weighted by Crippen LogP contribution is 2.19. The van der Waals surface area contributed by atoms with E-state index in [1.807, 2.05) is 42.8 Å². The molecule has 0 atom stereocenters. The molecule has 3 nitrogen and oxygen atoms in total. The van der Waals surface area contributed by atoms with Crippen LogP contribution in [-0.2, 0) is 6.54 Å². The molecule has 0 saturated carbocycles. The maximum Gasteiger partial charge on any atom is 0.0844 e.